The highest BCUT2D eigenvalue weighted by molar-refractivity contribution is 7.25. The number of aromatic nitrogens is 2. The Hall–Kier alpha value is -5.90. The van der Waals surface area contributed by atoms with E-state index in [4.69, 9.17) is 9.97 Å². The van der Waals surface area contributed by atoms with Crippen molar-refractivity contribution in [3.8, 4) is 56.2 Å². The lowest BCUT2D eigenvalue weighted by molar-refractivity contribution is 0.661. The van der Waals surface area contributed by atoms with Crippen LogP contribution in [0.15, 0.2) is 158 Å². The maximum absolute atomic E-state index is 5.34. The monoisotopic (exact) mass is 656 g/mol. The van der Waals surface area contributed by atoms with Gasteiger partial charge in [-0.3, -0.25) is 0 Å². The predicted octanol–water partition coefficient (Wildman–Crippen LogP) is 13.0. The molecule has 2 nitrogen and oxygen atoms in total. The first kappa shape index (κ1) is 29.1. The van der Waals surface area contributed by atoms with Crippen LogP contribution in [0.1, 0.15) is 25.0 Å². The largest absolute Gasteiger partial charge is 0.228 e. The number of hydrogen-bond acceptors (Lipinski definition) is 3. The quantitative estimate of drug-likeness (QED) is 0.188. The SMILES string of the molecule is CC1(C)c2cc3ccccc3cc2-c2c(-c3cc(-c4ccccc4-c4cccc5sc6ccccc6c45)nc(-c4ccccc4)n3)cccc21. The average molecular weight is 657 g/mol. The fraction of sp³-hybridized carbons (Fsp3) is 0.0638. The number of fused-ring (bicyclic) bond motifs is 7. The average Bonchev–Trinajstić information content (AvgIpc) is 3.66. The molecular formula is C47H32N2S. The summed E-state index contributed by atoms with van der Waals surface area (Å²) in [5.41, 5.74) is 12.6. The minimum atomic E-state index is -0.141. The van der Waals surface area contributed by atoms with Crippen LogP contribution < -0.4 is 0 Å². The van der Waals surface area contributed by atoms with E-state index < -0.39 is 0 Å². The number of rotatable bonds is 4. The topological polar surface area (TPSA) is 25.8 Å². The van der Waals surface area contributed by atoms with Gasteiger partial charge in [0.1, 0.15) is 0 Å². The van der Waals surface area contributed by atoms with Crippen molar-refractivity contribution in [2.45, 2.75) is 19.3 Å². The predicted molar refractivity (Wildman–Crippen MR) is 212 cm³/mol. The first-order valence-electron chi connectivity index (χ1n) is 17.2. The van der Waals surface area contributed by atoms with Crippen LogP contribution in [-0.4, -0.2) is 9.97 Å². The maximum atomic E-state index is 5.34. The standard InChI is InChI=1S/C47H32N2S/c1-47(2)38-23-12-22-35(44(38)37-26-30-16-6-7-17-31(30)27-39(37)47)41-28-40(48-46(49-41)29-14-4-3-5-15-29)33-19-9-8-18-32(33)34-21-13-25-43-45(34)36-20-10-11-24-42(36)50-43/h3-28H,1-2H3. The van der Waals surface area contributed by atoms with Gasteiger partial charge in [0, 0.05) is 42.3 Å². The molecule has 0 aliphatic heterocycles. The second-order valence-electron chi connectivity index (χ2n) is 13.7. The van der Waals surface area contributed by atoms with E-state index in [2.05, 4.69) is 166 Å². The van der Waals surface area contributed by atoms with Crippen LogP contribution in [0.4, 0.5) is 0 Å². The molecular weight excluding hydrogens is 625 g/mol. The molecule has 236 valence electrons. The summed E-state index contributed by atoms with van der Waals surface area (Å²) in [6.45, 7) is 4.70. The van der Waals surface area contributed by atoms with Crippen molar-refractivity contribution < 1.29 is 0 Å². The van der Waals surface area contributed by atoms with Crippen LogP contribution in [0.3, 0.4) is 0 Å². The molecule has 0 unspecified atom stereocenters. The number of thiophene rings is 1. The zero-order chi connectivity index (χ0) is 33.4. The van der Waals surface area contributed by atoms with Gasteiger partial charge in [-0.05, 0) is 74.5 Å². The minimum Gasteiger partial charge on any atom is -0.228 e. The van der Waals surface area contributed by atoms with Crippen molar-refractivity contribution >= 4 is 42.3 Å². The Labute approximate surface area is 295 Å². The minimum absolute atomic E-state index is 0.141. The van der Waals surface area contributed by atoms with E-state index in [1.165, 1.54) is 64.3 Å². The zero-order valence-corrected chi connectivity index (χ0v) is 28.6. The molecule has 0 fully saturated rings. The fourth-order valence-electron chi connectivity index (χ4n) is 8.07. The highest BCUT2D eigenvalue weighted by atomic mass is 32.1. The van der Waals surface area contributed by atoms with Crippen LogP contribution in [0.25, 0.3) is 87.1 Å². The Balaban J connectivity index is 1.24. The van der Waals surface area contributed by atoms with Gasteiger partial charge >= 0.3 is 0 Å². The molecule has 0 saturated carbocycles. The van der Waals surface area contributed by atoms with E-state index in [0.717, 1.165) is 33.9 Å². The molecule has 0 radical (unpaired) electrons. The molecule has 0 atom stereocenters. The third-order valence-electron chi connectivity index (χ3n) is 10.5. The van der Waals surface area contributed by atoms with Gasteiger partial charge in [0.25, 0.3) is 0 Å². The van der Waals surface area contributed by atoms with Crippen molar-refractivity contribution in [1.29, 1.82) is 0 Å². The van der Waals surface area contributed by atoms with Crippen LogP contribution in [0.2, 0.25) is 0 Å². The summed E-state index contributed by atoms with van der Waals surface area (Å²) in [7, 11) is 0. The summed E-state index contributed by atoms with van der Waals surface area (Å²) in [6.07, 6.45) is 0. The fourth-order valence-corrected chi connectivity index (χ4v) is 9.20. The van der Waals surface area contributed by atoms with Crippen LogP contribution in [0, 0.1) is 0 Å². The molecule has 10 rings (SSSR count). The van der Waals surface area contributed by atoms with Crippen molar-refractivity contribution in [2.75, 3.05) is 0 Å². The molecule has 0 spiro atoms. The molecule has 0 saturated heterocycles. The molecule has 0 bridgehead atoms. The first-order chi connectivity index (χ1) is 24.5. The molecule has 0 N–H and O–H groups in total. The number of hydrogen-bond donors (Lipinski definition) is 0. The molecule has 1 aliphatic rings. The van der Waals surface area contributed by atoms with Gasteiger partial charge in [0.2, 0.25) is 0 Å². The summed E-state index contributed by atoms with van der Waals surface area (Å²) >= 11 is 1.85. The van der Waals surface area contributed by atoms with E-state index in [1.54, 1.807) is 0 Å². The smallest absolute Gasteiger partial charge is 0.160 e. The third-order valence-corrected chi connectivity index (χ3v) is 11.6. The van der Waals surface area contributed by atoms with Crippen molar-refractivity contribution in [3.63, 3.8) is 0 Å². The van der Waals surface area contributed by atoms with Crippen molar-refractivity contribution in [2.24, 2.45) is 0 Å². The molecule has 9 aromatic rings. The molecule has 7 aromatic carbocycles. The summed E-state index contributed by atoms with van der Waals surface area (Å²) < 4.78 is 2.59. The molecule has 3 heteroatoms. The number of benzene rings is 7. The second kappa shape index (κ2) is 11.1. The first-order valence-corrected chi connectivity index (χ1v) is 18.0. The summed E-state index contributed by atoms with van der Waals surface area (Å²) in [6, 6.07) is 56.9. The van der Waals surface area contributed by atoms with Gasteiger partial charge < -0.3 is 0 Å². The van der Waals surface area contributed by atoms with E-state index in [-0.39, 0.29) is 5.41 Å². The van der Waals surface area contributed by atoms with E-state index in [1.807, 2.05) is 17.4 Å². The Morgan fingerprint density at radius 2 is 1.08 bits per heavy atom. The van der Waals surface area contributed by atoms with Gasteiger partial charge in [-0.2, -0.15) is 0 Å². The van der Waals surface area contributed by atoms with Gasteiger partial charge in [0.05, 0.1) is 11.4 Å². The van der Waals surface area contributed by atoms with Gasteiger partial charge in [-0.1, -0.05) is 141 Å². The Morgan fingerprint density at radius 3 is 1.92 bits per heavy atom. The van der Waals surface area contributed by atoms with Crippen LogP contribution >= 0.6 is 11.3 Å². The van der Waals surface area contributed by atoms with E-state index in [0.29, 0.717) is 0 Å². The summed E-state index contributed by atoms with van der Waals surface area (Å²) in [5, 5.41) is 5.11. The molecule has 2 aromatic heterocycles. The lowest BCUT2D eigenvalue weighted by Crippen LogP contribution is -2.14. The third kappa shape index (κ3) is 4.40. The highest BCUT2D eigenvalue weighted by Crippen LogP contribution is 2.53. The Morgan fingerprint density at radius 1 is 0.460 bits per heavy atom. The molecule has 50 heavy (non-hydrogen) atoms. The van der Waals surface area contributed by atoms with Crippen molar-refractivity contribution in [1.82, 2.24) is 9.97 Å². The van der Waals surface area contributed by atoms with E-state index >= 15 is 0 Å². The second-order valence-corrected chi connectivity index (χ2v) is 14.8. The van der Waals surface area contributed by atoms with Crippen molar-refractivity contribution in [3.05, 3.63) is 169 Å². The molecule has 0 amide bonds. The van der Waals surface area contributed by atoms with Gasteiger partial charge in [0.15, 0.2) is 5.82 Å². The Bertz CT molecular complexity index is 2790. The normalized spacial score (nSPS) is 13.2. The van der Waals surface area contributed by atoms with Gasteiger partial charge in [-0.25, -0.2) is 9.97 Å². The van der Waals surface area contributed by atoms with Gasteiger partial charge in [-0.15, -0.1) is 11.3 Å². The zero-order valence-electron chi connectivity index (χ0n) is 27.8. The van der Waals surface area contributed by atoms with E-state index in [9.17, 15) is 0 Å². The lowest BCUT2D eigenvalue weighted by atomic mass is 9.81. The Kier molecular flexibility index (Phi) is 6.43. The highest BCUT2D eigenvalue weighted by Gasteiger charge is 2.37. The number of nitrogens with zero attached hydrogens (tertiary/aromatic N) is 2. The summed E-state index contributed by atoms with van der Waals surface area (Å²) in [5.74, 6) is 0.723. The lowest BCUT2D eigenvalue weighted by Gasteiger charge is -2.22. The maximum Gasteiger partial charge on any atom is 0.160 e. The van der Waals surface area contributed by atoms with Crippen LogP contribution in [0.5, 0.6) is 0 Å². The molecule has 1 aliphatic carbocycles. The summed E-state index contributed by atoms with van der Waals surface area (Å²) in [4.78, 5) is 10.6. The van der Waals surface area contributed by atoms with Crippen LogP contribution in [-0.2, 0) is 5.41 Å². The molecule has 2 heterocycles.